The van der Waals surface area contributed by atoms with Crippen LogP contribution in [0, 0.1) is 18.8 Å². The fraction of sp³-hybridized carbons (Fsp3) is 0.655. The van der Waals surface area contributed by atoms with Gasteiger partial charge in [0, 0.05) is 25.4 Å². The first-order valence-corrected chi connectivity index (χ1v) is 16.5. The molecule has 0 aromatic heterocycles. The Hall–Kier alpha value is -3.00. The minimum atomic E-state index is -4.12. The maximum atomic E-state index is 13.2. The molecule has 1 saturated carbocycles. The van der Waals surface area contributed by atoms with Gasteiger partial charge in [0.2, 0.25) is 10.0 Å². The van der Waals surface area contributed by atoms with E-state index in [-0.39, 0.29) is 74.7 Å². The van der Waals surface area contributed by atoms with Gasteiger partial charge in [-0.2, -0.15) is 13.2 Å². The number of rotatable bonds is 9. The Balaban J connectivity index is 1.12. The Morgan fingerprint density at radius 3 is 2.37 bits per heavy atom. The van der Waals surface area contributed by atoms with Gasteiger partial charge in [-0.15, -0.1) is 0 Å². The zero-order chi connectivity index (χ0) is 31.0. The van der Waals surface area contributed by atoms with Crippen molar-refractivity contribution in [2.24, 2.45) is 16.8 Å². The van der Waals surface area contributed by atoms with E-state index in [1.54, 1.807) is 18.2 Å². The van der Waals surface area contributed by atoms with Crippen LogP contribution in [0.2, 0.25) is 0 Å². The van der Waals surface area contributed by atoms with Crippen molar-refractivity contribution in [3.05, 3.63) is 29.3 Å². The van der Waals surface area contributed by atoms with Gasteiger partial charge in [0.25, 0.3) is 11.8 Å². The number of hydrogen-bond donors (Lipinski definition) is 2. The highest BCUT2D eigenvalue weighted by atomic mass is 32.2. The predicted octanol–water partition coefficient (Wildman–Crippen LogP) is 3.83. The number of amidine groups is 1. The van der Waals surface area contributed by atoms with Gasteiger partial charge in [0.1, 0.15) is 11.4 Å². The van der Waals surface area contributed by atoms with Crippen LogP contribution in [0.3, 0.4) is 0 Å². The van der Waals surface area contributed by atoms with Crippen molar-refractivity contribution in [3.8, 4) is 0 Å². The number of alkyl halides is 3. The molecule has 1 aromatic rings. The highest BCUT2D eigenvalue weighted by molar-refractivity contribution is 7.89. The van der Waals surface area contributed by atoms with Crippen molar-refractivity contribution in [2.75, 3.05) is 30.3 Å². The van der Waals surface area contributed by atoms with E-state index in [0.29, 0.717) is 17.9 Å². The second-order valence-corrected chi connectivity index (χ2v) is 14.3. The average Bonchev–Trinajstić information content (AvgIpc) is 3.45. The molecular weight excluding hydrogens is 587 g/mol. The number of hydrogen-bond acceptors (Lipinski definition) is 6. The first kappa shape index (κ1) is 31.4. The van der Waals surface area contributed by atoms with Gasteiger partial charge in [-0.05, 0) is 87.5 Å². The minimum absolute atomic E-state index is 0.0543. The van der Waals surface area contributed by atoms with Crippen LogP contribution in [0.5, 0.6) is 0 Å². The highest BCUT2D eigenvalue weighted by Gasteiger charge is 2.48. The Kier molecular flexibility index (Phi) is 8.90. The largest absolute Gasteiger partial charge is 0.389 e. The summed E-state index contributed by atoms with van der Waals surface area (Å²) in [6, 6.07) is 4.58. The van der Waals surface area contributed by atoms with E-state index in [2.05, 4.69) is 10.6 Å². The van der Waals surface area contributed by atoms with Crippen LogP contribution in [0.25, 0.3) is 0 Å². The lowest BCUT2D eigenvalue weighted by Crippen LogP contribution is -2.51. The zero-order valence-corrected chi connectivity index (χ0v) is 25.0. The molecule has 14 heteroatoms. The summed E-state index contributed by atoms with van der Waals surface area (Å²) in [5.41, 5.74) is 1.04. The van der Waals surface area contributed by atoms with Crippen molar-refractivity contribution < 1.29 is 36.0 Å². The molecule has 10 nitrogen and oxygen atoms in total. The molecule has 0 radical (unpaired) electrons. The van der Waals surface area contributed by atoms with Crippen molar-refractivity contribution in [1.29, 1.82) is 0 Å². The normalized spacial score (nSPS) is 24.8. The molecule has 3 heterocycles. The molecule has 0 atom stereocenters. The summed E-state index contributed by atoms with van der Waals surface area (Å²) in [5, 5.41) is 5.42. The molecular formula is C29H38F3N5O5S. The van der Waals surface area contributed by atoms with Gasteiger partial charge in [-0.25, -0.2) is 22.4 Å². The SMILES string of the molecule is Cc1cc(N2C(=O)CNC2=O)ccc1CCS(=O)(=O)N1CCC2(CC1)N=C(C1CCC(CCCC(F)(F)F)CC1)NC2=O. The van der Waals surface area contributed by atoms with Crippen LogP contribution in [0.1, 0.15) is 68.9 Å². The maximum absolute atomic E-state index is 13.2. The van der Waals surface area contributed by atoms with E-state index in [0.717, 1.165) is 41.7 Å². The van der Waals surface area contributed by atoms with Gasteiger partial charge in [0.15, 0.2) is 0 Å². The average molecular weight is 626 g/mol. The van der Waals surface area contributed by atoms with E-state index in [1.165, 1.54) is 4.31 Å². The van der Waals surface area contributed by atoms with E-state index >= 15 is 0 Å². The van der Waals surface area contributed by atoms with Crippen LogP contribution in [0.15, 0.2) is 23.2 Å². The lowest BCUT2D eigenvalue weighted by molar-refractivity contribution is -0.136. The van der Waals surface area contributed by atoms with Gasteiger partial charge < -0.3 is 10.6 Å². The Bertz CT molecular complexity index is 1380. The second kappa shape index (κ2) is 12.2. The van der Waals surface area contributed by atoms with Crippen LogP contribution in [-0.2, 0) is 26.0 Å². The molecule has 2 saturated heterocycles. The minimum Gasteiger partial charge on any atom is -0.328 e. The molecule has 1 aliphatic carbocycles. The summed E-state index contributed by atoms with van der Waals surface area (Å²) in [6.45, 7) is 2.12. The number of urea groups is 1. The zero-order valence-electron chi connectivity index (χ0n) is 24.2. The third-order valence-electron chi connectivity index (χ3n) is 9.30. The maximum Gasteiger partial charge on any atom is 0.389 e. The number of anilines is 1. The molecule has 2 N–H and O–H groups in total. The monoisotopic (exact) mass is 625 g/mol. The third kappa shape index (κ3) is 7.05. The van der Waals surface area contributed by atoms with Crippen LogP contribution >= 0.6 is 0 Å². The molecule has 3 aliphatic heterocycles. The molecule has 1 spiro atoms. The Morgan fingerprint density at radius 2 is 1.77 bits per heavy atom. The standard InChI is InChI=1S/C29H38F3N5O5S/c1-19-17-23(37-24(38)18-33-27(37)40)9-8-21(19)10-16-43(41,42)36-14-12-28(13-15-36)26(39)34-25(35-28)22-6-4-20(5-7-22)3-2-11-29(30,31)32/h8-9,17,20,22H,2-7,10-16,18H2,1H3,(H,33,40)(H,34,35,39). The number of nitrogens with zero attached hydrogens (tertiary/aromatic N) is 3. The number of aryl methyl sites for hydroxylation is 2. The Morgan fingerprint density at radius 1 is 1.07 bits per heavy atom. The van der Waals surface area contributed by atoms with E-state index in [9.17, 15) is 36.0 Å². The van der Waals surface area contributed by atoms with Gasteiger partial charge in [-0.1, -0.05) is 12.5 Å². The molecule has 5 rings (SSSR count). The molecule has 0 bridgehead atoms. The molecule has 236 valence electrons. The first-order chi connectivity index (χ1) is 20.3. The van der Waals surface area contributed by atoms with Crippen molar-refractivity contribution in [1.82, 2.24) is 14.9 Å². The van der Waals surface area contributed by atoms with Gasteiger partial charge in [0.05, 0.1) is 18.0 Å². The lowest BCUT2D eigenvalue weighted by Gasteiger charge is -2.34. The topological polar surface area (TPSA) is 128 Å². The third-order valence-corrected chi connectivity index (χ3v) is 11.2. The van der Waals surface area contributed by atoms with E-state index < -0.39 is 34.2 Å². The number of sulfonamides is 1. The van der Waals surface area contributed by atoms with Crippen molar-refractivity contribution in [3.63, 3.8) is 0 Å². The smallest absolute Gasteiger partial charge is 0.328 e. The predicted molar refractivity (Wildman–Crippen MR) is 154 cm³/mol. The fourth-order valence-electron chi connectivity index (χ4n) is 6.68. The summed E-state index contributed by atoms with van der Waals surface area (Å²) >= 11 is 0. The summed E-state index contributed by atoms with van der Waals surface area (Å²) < 4.78 is 65.2. The lowest BCUT2D eigenvalue weighted by atomic mass is 9.79. The highest BCUT2D eigenvalue weighted by Crippen LogP contribution is 2.38. The van der Waals surface area contributed by atoms with Crippen molar-refractivity contribution in [2.45, 2.75) is 82.8 Å². The number of imide groups is 1. The summed E-state index contributed by atoms with van der Waals surface area (Å²) in [4.78, 5) is 42.8. The second-order valence-electron chi connectivity index (χ2n) is 12.2. The number of piperidine rings is 1. The number of aliphatic imine (C=N–C) groups is 1. The van der Waals surface area contributed by atoms with Gasteiger partial charge >= 0.3 is 12.2 Å². The molecule has 4 amide bonds. The Labute approximate surface area is 249 Å². The summed E-state index contributed by atoms with van der Waals surface area (Å²) in [6.07, 6.45) is -0.167. The first-order valence-electron chi connectivity index (χ1n) is 14.9. The number of nitrogens with one attached hydrogen (secondary N) is 2. The fourth-order valence-corrected chi connectivity index (χ4v) is 8.15. The quantitative estimate of drug-likeness (QED) is 0.404. The van der Waals surface area contributed by atoms with Gasteiger partial charge in [-0.3, -0.25) is 14.6 Å². The van der Waals surface area contributed by atoms with E-state index in [4.69, 9.17) is 4.99 Å². The molecule has 4 aliphatic rings. The van der Waals surface area contributed by atoms with E-state index in [1.807, 2.05) is 6.92 Å². The number of carbonyl (C=O) groups excluding carboxylic acids is 3. The number of benzene rings is 1. The van der Waals surface area contributed by atoms with Crippen LogP contribution in [0.4, 0.5) is 23.7 Å². The summed E-state index contributed by atoms with van der Waals surface area (Å²) in [5.74, 6) is 0.305. The molecule has 0 unspecified atom stereocenters. The molecule has 1 aromatic carbocycles. The number of amides is 4. The molecule has 43 heavy (non-hydrogen) atoms. The van der Waals surface area contributed by atoms with Crippen LogP contribution < -0.4 is 15.5 Å². The van der Waals surface area contributed by atoms with Crippen molar-refractivity contribution >= 4 is 39.4 Å². The molecule has 3 fully saturated rings. The number of halogens is 3. The van der Waals surface area contributed by atoms with Crippen LogP contribution in [-0.4, -0.2) is 73.5 Å². The number of carbonyl (C=O) groups is 3. The summed E-state index contributed by atoms with van der Waals surface area (Å²) in [7, 11) is -3.61.